The van der Waals surface area contributed by atoms with E-state index in [1.165, 1.54) is 110 Å². The SMILES string of the molecule is CC(C)c1ccc(N(c2ccc(C(C)C)cc2)c2ccc3c4cc5c(cc4n4c6ccccc6c2c34)c2ccc(N(c3ccc(C(C)C)cc3)c3ccc(C(C)(C)C)cc3)c3c4ccccc4n5c23)cc1. The molecule has 0 saturated carbocycles. The van der Waals surface area contributed by atoms with E-state index in [0.29, 0.717) is 17.8 Å². The third-order valence-electron chi connectivity index (χ3n) is 15.7. The van der Waals surface area contributed by atoms with Crippen LogP contribution < -0.4 is 9.80 Å². The highest BCUT2D eigenvalue weighted by Crippen LogP contribution is 2.51. The zero-order chi connectivity index (χ0) is 48.6. The zero-order valence-electron chi connectivity index (χ0n) is 42.3. The fourth-order valence-corrected chi connectivity index (χ4v) is 11.8. The van der Waals surface area contributed by atoms with E-state index < -0.39 is 0 Å². The first-order chi connectivity index (χ1) is 34.4. The normalized spacial score (nSPS) is 12.7. The van der Waals surface area contributed by atoms with Gasteiger partial charge in [0.25, 0.3) is 0 Å². The number of para-hydroxylation sites is 2. The van der Waals surface area contributed by atoms with Gasteiger partial charge in [0.1, 0.15) is 0 Å². The molecule has 0 bridgehead atoms. The van der Waals surface area contributed by atoms with E-state index in [0.717, 1.165) is 22.7 Å². The molecule has 9 aromatic carbocycles. The number of rotatable bonds is 9. The van der Waals surface area contributed by atoms with Crippen LogP contribution in [0.5, 0.6) is 0 Å². The fraction of sp³-hybridized carbons (Fsp3) is 0.194. The lowest BCUT2D eigenvalue weighted by atomic mass is 9.87. The Hall–Kier alpha value is -7.82. The van der Waals surface area contributed by atoms with E-state index in [-0.39, 0.29) is 5.41 Å². The molecule has 0 radical (unpaired) electrons. The molecule has 0 N–H and O–H groups in total. The van der Waals surface area contributed by atoms with Gasteiger partial charge in [0.2, 0.25) is 0 Å². The van der Waals surface area contributed by atoms with Gasteiger partial charge in [-0.15, -0.1) is 0 Å². The number of anilines is 6. The summed E-state index contributed by atoms with van der Waals surface area (Å²) in [4.78, 5) is 4.96. The van der Waals surface area contributed by atoms with E-state index in [1.54, 1.807) is 0 Å². The Balaban J connectivity index is 1.07. The van der Waals surface area contributed by atoms with Crippen molar-refractivity contribution in [3.05, 3.63) is 204 Å². The second-order valence-electron chi connectivity index (χ2n) is 22.0. The van der Waals surface area contributed by atoms with Crippen LogP contribution in [0.25, 0.3) is 76.2 Å². The van der Waals surface area contributed by atoms with E-state index in [9.17, 15) is 0 Å². The maximum absolute atomic E-state index is 2.56. The first-order valence-corrected chi connectivity index (χ1v) is 25.7. The molecule has 348 valence electrons. The maximum Gasteiger partial charge on any atom is 0.0641 e. The molecule has 0 aliphatic rings. The third-order valence-corrected chi connectivity index (χ3v) is 15.7. The summed E-state index contributed by atoms with van der Waals surface area (Å²) in [6, 6.07) is 69.4. The second kappa shape index (κ2) is 15.8. The maximum atomic E-state index is 2.56. The fourth-order valence-electron chi connectivity index (χ4n) is 11.8. The van der Waals surface area contributed by atoms with Crippen LogP contribution in [0.3, 0.4) is 0 Å². The molecule has 4 nitrogen and oxygen atoms in total. The summed E-state index contributed by atoms with van der Waals surface area (Å²) < 4.78 is 5.12. The van der Waals surface area contributed by atoms with Crippen molar-refractivity contribution in [3.63, 3.8) is 0 Å². The topological polar surface area (TPSA) is 15.3 Å². The molecule has 0 spiro atoms. The summed E-state index contributed by atoms with van der Waals surface area (Å²) in [6.45, 7) is 20.5. The summed E-state index contributed by atoms with van der Waals surface area (Å²) >= 11 is 0. The van der Waals surface area contributed by atoms with Crippen molar-refractivity contribution in [2.45, 2.75) is 85.5 Å². The molecular weight excluding hydrogens is 861 g/mol. The molecule has 4 aromatic heterocycles. The molecule has 0 aliphatic carbocycles. The van der Waals surface area contributed by atoms with Crippen LogP contribution in [0, 0.1) is 0 Å². The van der Waals surface area contributed by atoms with Crippen LogP contribution in [0.15, 0.2) is 182 Å². The Morgan fingerprint density at radius 2 is 0.676 bits per heavy atom. The van der Waals surface area contributed by atoms with Gasteiger partial charge < -0.3 is 18.6 Å². The van der Waals surface area contributed by atoms with Crippen molar-refractivity contribution in [1.82, 2.24) is 8.80 Å². The van der Waals surface area contributed by atoms with Crippen LogP contribution in [0.1, 0.15) is 102 Å². The molecule has 0 unspecified atom stereocenters. The lowest BCUT2D eigenvalue weighted by Gasteiger charge is -2.28. The molecule has 0 saturated heterocycles. The van der Waals surface area contributed by atoms with Gasteiger partial charge >= 0.3 is 0 Å². The van der Waals surface area contributed by atoms with Gasteiger partial charge in [0.05, 0.1) is 44.5 Å². The van der Waals surface area contributed by atoms with E-state index in [1.807, 2.05) is 0 Å². The van der Waals surface area contributed by atoms with Crippen molar-refractivity contribution in [2.75, 3.05) is 9.80 Å². The quantitative estimate of drug-likeness (QED) is 0.143. The number of benzene rings is 9. The Morgan fingerprint density at radius 3 is 1.01 bits per heavy atom. The average molecular weight is 921 g/mol. The summed E-state index contributed by atoms with van der Waals surface area (Å²) in [5.41, 5.74) is 19.8. The Labute approximate surface area is 416 Å². The largest absolute Gasteiger partial charge is 0.310 e. The Bertz CT molecular complexity index is 4090. The van der Waals surface area contributed by atoms with Crippen LogP contribution in [-0.4, -0.2) is 8.80 Å². The van der Waals surface area contributed by atoms with E-state index >= 15 is 0 Å². The Morgan fingerprint density at radius 1 is 0.338 bits per heavy atom. The monoisotopic (exact) mass is 920 g/mol. The van der Waals surface area contributed by atoms with Crippen LogP contribution in [0.2, 0.25) is 0 Å². The van der Waals surface area contributed by atoms with Crippen molar-refractivity contribution < 1.29 is 0 Å². The van der Waals surface area contributed by atoms with Crippen molar-refractivity contribution in [3.8, 4) is 0 Å². The molecular formula is C67H60N4. The summed E-state index contributed by atoms with van der Waals surface area (Å²) in [5, 5.41) is 10.1. The summed E-state index contributed by atoms with van der Waals surface area (Å²) in [5.74, 6) is 1.36. The minimum Gasteiger partial charge on any atom is -0.310 e. The summed E-state index contributed by atoms with van der Waals surface area (Å²) in [6.07, 6.45) is 0. The van der Waals surface area contributed by atoms with Gasteiger partial charge in [-0.05, 0) is 130 Å². The highest BCUT2D eigenvalue weighted by atomic mass is 15.2. The van der Waals surface area contributed by atoms with Crippen molar-refractivity contribution in [2.24, 2.45) is 0 Å². The van der Waals surface area contributed by atoms with Crippen molar-refractivity contribution in [1.29, 1.82) is 0 Å². The van der Waals surface area contributed by atoms with E-state index in [2.05, 4.69) is 263 Å². The molecule has 13 aromatic rings. The minimum absolute atomic E-state index is 0.0530. The van der Waals surface area contributed by atoms with Gasteiger partial charge in [-0.25, -0.2) is 0 Å². The summed E-state index contributed by atoms with van der Waals surface area (Å²) in [7, 11) is 0. The Kier molecular flexibility index (Phi) is 9.65. The predicted molar refractivity (Wildman–Crippen MR) is 306 cm³/mol. The lowest BCUT2D eigenvalue weighted by Crippen LogP contribution is -2.13. The van der Waals surface area contributed by atoms with Gasteiger partial charge in [-0.1, -0.05) is 159 Å². The molecule has 0 atom stereocenters. The second-order valence-corrected chi connectivity index (χ2v) is 22.0. The van der Waals surface area contributed by atoms with Crippen LogP contribution in [-0.2, 0) is 5.41 Å². The van der Waals surface area contributed by atoms with Gasteiger partial charge in [0, 0.05) is 65.8 Å². The van der Waals surface area contributed by atoms with Crippen LogP contribution in [0.4, 0.5) is 34.1 Å². The predicted octanol–water partition coefficient (Wildman–Crippen LogP) is 19.6. The third kappa shape index (κ3) is 6.50. The molecule has 0 aliphatic heterocycles. The molecule has 4 heterocycles. The number of fused-ring (bicyclic) bond motifs is 12. The van der Waals surface area contributed by atoms with Gasteiger partial charge in [-0.3, -0.25) is 0 Å². The average Bonchev–Trinajstić information content (AvgIpc) is 4.10. The van der Waals surface area contributed by atoms with Crippen LogP contribution >= 0.6 is 0 Å². The van der Waals surface area contributed by atoms with Gasteiger partial charge in [-0.2, -0.15) is 0 Å². The standard InChI is InChI=1S/C67H60N4/c1-40(2)43-18-26-47(27-19-43)68(48-28-20-44(21-29-48)41(3)4)59-36-34-51-55-38-62-56(39-61(55)70-57-16-12-10-14-53(57)63(59)65(51)70)52-35-37-60(64-54-15-11-13-17-58(54)71(62)66(52)64)69(49-30-22-45(23-31-49)42(5)6)50-32-24-46(25-33-50)67(7,8)9/h10-42H,1-9H3. The lowest BCUT2D eigenvalue weighted by molar-refractivity contribution is 0.590. The number of hydrogen-bond donors (Lipinski definition) is 0. The molecule has 4 heteroatoms. The first kappa shape index (κ1) is 43.2. The van der Waals surface area contributed by atoms with Crippen molar-refractivity contribution >= 4 is 110 Å². The number of aromatic nitrogens is 2. The zero-order valence-corrected chi connectivity index (χ0v) is 42.3. The molecule has 71 heavy (non-hydrogen) atoms. The first-order valence-electron chi connectivity index (χ1n) is 25.7. The minimum atomic E-state index is 0.0530. The highest BCUT2D eigenvalue weighted by Gasteiger charge is 2.28. The number of nitrogens with zero attached hydrogens (tertiary/aromatic N) is 4. The highest BCUT2D eigenvalue weighted by molar-refractivity contribution is 6.32. The molecule has 0 fully saturated rings. The molecule has 0 amide bonds. The number of hydrogen-bond acceptors (Lipinski definition) is 2. The van der Waals surface area contributed by atoms with E-state index in [4.69, 9.17) is 0 Å². The molecule has 13 rings (SSSR count). The smallest absolute Gasteiger partial charge is 0.0641 e. The van der Waals surface area contributed by atoms with Gasteiger partial charge in [0.15, 0.2) is 0 Å².